The van der Waals surface area contributed by atoms with E-state index in [4.69, 9.17) is 16.3 Å². The zero-order chi connectivity index (χ0) is 14.3. The summed E-state index contributed by atoms with van der Waals surface area (Å²) in [5, 5.41) is 4.93. The Morgan fingerprint density at radius 2 is 1.90 bits per heavy atom. The number of aryl methyl sites for hydroxylation is 1. The van der Waals surface area contributed by atoms with Crippen LogP contribution in [0.5, 0.6) is 5.75 Å². The summed E-state index contributed by atoms with van der Waals surface area (Å²) in [7, 11) is 1.65. The molecule has 0 N–H and O–H groups in total. The van der Waals surface area contributed by atoms with E-state index in [2.05, 4.69) is 10.1 Å². The molecule has 4 nitrogen and oxygen atoms in total. The van der Waals surface area contributed by atoms with Crippen LogP contribution >= 0.6 is 11.6 Å². The van der Waals surface area contributed by atoms with Crippen molar-refractivity contribution in [3.8, 4) is 16.9 Å². The molecule has 0 aliphatic carbocycles. The summed E-state index contributed by atoms with van der Waals surface area (Å²) in [6, 6.07) is 7.80. The number of fused-ring (bicyclic) bond motifs is 1. The Bertz CT molecular complexity index is 795. The molecule has 2 aromatic heterocycles. The molecule has 0 saturated carbocycles. The minimum Gasteiger partial charge on any atom is -0.496 e. The SMILES string of the molecule is COc1ccccc1-c1cnn2c(Cl)c(C)c(C)nc12. The molecule has 0 aliphatic heterocycles. The molecule has 0 unspecified atom stereocenters. The molecule has 102 valence electrons. The molecule has 3 aromatic rings. The Kier molecular flexibility index (Phi) is 3.10. The molecule has 0 bridgehead atoms. The summed E-state index contributed by atoms with van der Waals surface area (Å²) in [6.45, 7) is 3.88. The van der Waals surface area contributed by atoms with Crippen LogP contribution in [-0.2, 0) is 0 Å². The van der Waals surface area contributed by atoms with Crippen molar-refractivity contribution in [2.24, 2.45) is 0 Å². The first-order valence-electron chi connectivity index (χ1n) is 6.27. The van der Waals surface area contributed by atoms with E-state index in [1.54, 1.807) is 17.8 Å². The van der Waals surface area contributed by atoms with Crippen molar-refractivity contribution < 1.29 is 4.74 Å². The number of hydrogen-bond donors (Lipinski definition) is 0. The van der Waals surface area contributed by atoms with Gasteiger partial charge >= 0.3 is 0 Å². The van der Waals surface area contributed by atoms with Gasteiger partial charge in [0.25, 0.3) is 0 Å². The monoisotopic (exact) mass is 287 g/mol. The van der Waals surface area contributed by atoms with E-state index >= 15 is 0 Å². The molecule has 0 atom stereocenters. The second kappa shape index (κ2) is 4.80. The summed E-state index contributed by atoms with van der Waals surface area (Å²) >= 11 is 6.33. The highest BCUT2D eigenvalue weighted by Gasteiger charge is 2.16. The topological polar surface area (TPSA) is 39.4 Å². The van der Waals surface area contributed by atoms with Gasteiger partial charge in [0.15, 0.2) is 5.65 Å². The quantitative estimate of drug-likeness (QED) is 0.675. The molecule has 0 spiro atoms. The Hall–Kier alpha value is -2.07. The maximum atomic E-state index is 6.33. The van der Waals surface area contributed by atoms with Gasteiger partial charge in [0.2, 0.25) is 0 Å². The maximum absolute atomic E-state index is 6.33. The lowest BCUT2D eigenvalue weighted by Crippen LogP contribution is -1.99. The second-order valence-corrected chi connectivity index (χ2v) is 4.96. The van der Waals surface area contributed by atoms with Crippen LogP contribution < -0.4 is 4.74 Å². The number of aromatic nitrogens is 3. The fourth-order valence-corrected chi connectivity index (χ4v) is 2.46. The van der Waals surface area contributed by atoms with Crippen LogP contribution in [0.1, 0.15) is 11.3 Å². The summed E-state index contributed by atoms with van der Waals surface area (Å²) in [5.41, 5.74) is 4.44. The number of rotatable bonds is 2. The molecule has 0 fully saturated rings. The molecule has 0 radical (unpaired) electrons. The summed E-state index contributed by atoms with van der Waals surface area (Å²) in [4.78, 5) is 4.61. The average Bonchev–Trinajstić information content (AvgIpc) is 2.88. The van der Waals surface area contributed by atoms with Crippen molar-refractivity contribution in [2.45, 2.75) is 13.8 Å². The van der Waals surface area contributed by atoms with Gasteiger partial charge in [-0.3, -0.25) is 0 Å². The van der Waals surface area contributed by atoms with Crippen LogP contribution in [0, 0.1) is 13.8 Å². The molecule has 5 heteroatoms. The van der Waals surface area contributed by atoms with Crippen molar-refractivity contribution >= 4 is 17.2 Å². The molecule has 2 heterocycles. The number of hydrogen-bond acceptors (Lipinski definition) is 3. The lowest BCUT2D eigenvalue weighted by Gasteiger charge is -2.08. The van der Waals surface area contributed by atoms with Crippen molar-refractivity contribution in [1.29, 1.82) is 0 Å². The molecule has 20 heavy (non-hydrogen) atoms. The van der Waals surface area contributed by atoms with Gasteiger partial charge in [-0.1, -0.05) is 29.8 Å². The van der Waals surface area contributed by atoms with E-state index in [0.717, 1.165) is 33.8 Å². The predicted molar refractivity (Wildman–Crippen MR) is 79.5 cm³/mol. The number of halogens is 1. The summed E-state index contributed by atoms with van der Waals surface area (Å²) < 4.78 is 7.06. The maximum Gasteiger partial charge on any atom is 0.164 e. The Morgan fingerprint density at radius 1 is 1.15 bits per heavy atom. The highest BCUT2D eigenvalue weighted by Crippen LogP contribution is 2.33. The third-order valence-corrected chi connectivity index (χ3v) is 3.90. The smallest absolute Gasteiger partial charge is 0.164 e. The molecule has 0 amide bonds. The lowest BCUT2D eigenvalue weighted by molar-refractivity contribution is 0.416. The van der Waals surface area contributed by atoms with Crippen LogP contribution in [0.25, 0.3) is 16.8 Å². The summed E-state index contributed by atoms with van der Waals surface area (Å²) in [6.07, 6.45) is 1.77. The van der Waals surface area contributed by atoms with Crippen molar-refractivity contribution in [3.05, 3.63) is 46.9 Å². The minimum atomic E-state index is 0.591. The van der Waals surface area contributed by atoms with Gasteiger partial charge in [-0.15, -0.1) is 0 Å². The van der Waals surface area contributed by atoms with Crippen molar-refractivity contribution in [2.75, 3.05) is 7.11 Å². The molecular weight excluding hydrogens is 274 g/mol. The Labute approximate surface area is 122 Å². The average molecular weight is 288 g/mol. The van der Waals surface area contributed by atoms with Crippen LogP contribution in [0.15, 0.2) is 30.5 Å². The van der Waals surface area contributed by atoms with E-state index in [-0.39, 0.29) is 0 Å². The molecule has 0 saturated heterocycles. The van der Waals surface area contributed by atoms with E-state index in [1.807, 2.05) is 38.1 Å². The zero-order valence-electron chi connectivity index (χ0n) is 11.5. The second-order valence-electron chi connectivity index (χ2n) is 4.61. The van der Waals surface area contributed by atoms with Gasteiger partial charge in [-0.2, -0.15) is 5.10 Å². The van der Waals surface area contributed by atoms with E-state index in [0.29, 0.717) is 5.15 Å². The first-order valence-corrected chi connectivity index (χ1v) is 6.65. The van der Waals surface area contributed by atoms with Gasteiger partial charge in [0.05, 0.1) is 18.9 Å². The first-order chi connectivity index (χ1) is 9.63. The van der Waals surface area contributed by atoms with Crippen LogP contribution in [0.3, 0.4) is 0 Å². The van der Waals surface area contributed by atoms with E-state index < -0.39 is 0 Å². The largest absolute Gasteiger partial charge is 0.496 e. The number of methoxy groups -OCH3 is 1. The normalized spacial score (nSPS) is 11.0. The zero-order valence-corrected chi connectivity index (χ0v) is 12.3. The van der Waals surface area contributed by atoms with Gasteiger partial charge in [-0.25, -0.2) is 9.50 Å². The molecule has 0 aliphatic rings. The minimum absolute atomic E-state index is 0.591. The van der Waals surface area contributed by atoms with E-state index in [9.17, 15) is 0 Å². The van der Waals surface area contributed by atoms with Gasteiger partial charge in [0.1, 0.15) is 10.9 Å². The predicted octanol–water partition coefficient (Wildman–Crippen LogP) is 3.68. The highest BCUT2D eigenvalue weighted by atomic mass is 35.5. The Balaban J connectivity index is 2.33. The van der Waals surface area contributed by atoms with E-state index in [1.165, 1.54) is 0 Å². The molecule has 3 rings (SSSR count). The summed E-state index contributed by atoms with van der Waals surface area (Å²) in [5.74, 6) is 0.790. The van der Waals surface area contributed by atoms with Crippen molar-refractivity contribution in [1.82, 2.24) is 14.6 Å². The molecule has 1 aromatic carbocycles. The number of nitrogens with zero attached hydrogens (tertiary/aromatic N) is 3. The first kappa shape index (κ1) is 12.9. The van der Waals surface area contributed by atoms with Crippen LogP contribution in [0.4, 0.5) is 0 Å². The number of benzene rings is 1. The Morgan fingerprint density at radius 3 is 2.65 bits per heavy atom. The number of para-hydroxylation sites is 1. The van der Waals surface area contributed by atoms with Crippen molar-refractivity contribution in [3.63, 3.8) is 0 Å². The van der Waals surface area contributed by atoms with Gasteiger partial charge < -0.3 is 4.74 Å². The lowest BCUT2D eigenvalue weighted by atomic mass is 10.1. The standard InChI is InChI=1S/C15H14ClN3O/c1-9-10(2)18-15-12(8-17-19(15)14(9)16)11-6-4-5-7-13(11)20-3/h4-8H,1-3H3. The highest BCUT2D eigenvalue weighted by molar-refractivity contribution is 6.30. The number of ether oxygens (including phenoxy) is 1. The fourth-order valence-electron chi connectivity index (χ4n) is 2.20. The fraction of sp³-hybridized carbons (Fsp3) is 0.200. The van der Waals surface area contributed by atoms with Crippen LogP contribution in [0.2, 0.25) is 5.15 Å². The van der Waals surface area contributed by atoms with Gasteiger partial charge in [0, 0.05) is 16.8 Å². The third kappa shape index (κ3) is 1.84. The third-order valence-electron chi connectivity index (χ3n) is 3.45. The van der Waals surface area contributed by atoms with Gasteiger partial charge in [-0.05, 0) is 19.9 Å². The van der Waals surface area contributed by atoms with Crippen LogP contribution in [-0.4, -0.2) is 21.7 Å². The molecular formula is C15H14ClN3O.